The number of nitrogens with two attached hydrogens (primary N) is 1. The Kier molecular flexibility index (Phi) is 8.82. The number of hydrogen-bond donors (Lipinski definition) is 3. The number of alkyl carbamates (subject to hydrolysis) is 1. The second-order valence-electron chi connectivity index (χ2n) is 9.18. The molecule has 0 aromatic heterocycles. The number of ketones is 1. The Labute approximate surface area is 200 Å². The molecule has 7 nitrogen and oxygen atoms in total. The molecule has 2 aromatic carbocycles. The molecular weight excluding hydrogens is 432 g/mol. The topological polar surface area (TPSA) is 119 Å². The van der Waals surface area contributed by atoms with Gasteiger partial charge in [0.05, 0.1) is 12.0 Å². The molecule has 0 saturated heterocycles. The molecule has 0 heterocycles. The van der Waals surface area contributed by atoms with Gasteiger partial charge in [-0.3, -0.25) is 9.59 Å². The number of carboxylic acids is 1. The van der Waals surface area contributed by atoms with Crippen molar-refractivity contribution in [2.45, 2.75) is 51.5 Å². The van der Waals surface area contributed by atoms with Crippen molar-refractivity contribution < 1.29 is 24.2 Å². The van der Waals surface area contributed by atoms with E-state index in [1.165, 1.54) is 0 Å². The van der Waals surface area contributed by atoms with Crippen molar-refractivity contribution in [2.75, 3.05) is 13.2 Å². The van der Waals surface area contributed by atoms with Gasteiger partial charge in [0, 0.05) is 12.3 Å². The fourth-order valence-electron chi connectivity index (χ4n) is 4.60. The van der Waals surface area contributed by atoms with Crippen molar-refractivity contribution in [3.63, 3.8) is 0 Å². The van der Waals surface area contributed by atoms with E-state index in [0.717, 1.165) is 22.3 Å². The third-order valence-corrected chi connectivity index (χ3v) is 6.43. The lowest BCUT2D eigenvalue weighted by atomic mass is 9.90. The van der Waals surface area contributed by atoms with Crippen LogP contribution in [0.25, 0.3) is 11.1 Å². The summed E-state index contributed by atoms with van der Waals surface area (Å²) in [6, 6.07) is 15.3. The number of carbonyl (C=O) groups excluding carboxylic acids is 2. The van der Waals surface area contributed by atoms with Crippen LogP contribution < -0.4 is 11.1 Å². The Bertz CT molecular complexity index is 974. The quantitative estimate of drug-likeness (QED) is 0.401. The summed E-state index contributed by atoms with van der Waals surface area (Å²) in [5.41, 5.74) is 9.97. The smallest absolute Gasteiger partial charge is 0.407 e. The zero-order valence-corrected chi connectivity index (χ0v) is 19.8. The van der Waals surface area contributed by atoms with Gasteiger partial charge < -0.3 is 20.9 Å². The van der Waals surface area contributed by atoms with Crippen LogP contribution in [0.2, 0.25) is 0 Å². The van der Waals surface area contributed by atoms with Crippen molar-refractivity contribution in [3.8, 4) is 11.1 Å². The molecule has 2 atom stereocenters. The second-order valence-corrected chi connectivity index (χ2v) is 9.18. The molecular formula is C27H34N2O5. The van der Waals surface area contributed by atoms with E-state index < -0.39 is 24.0 Å². The number of rotatable bonds is 12. The minimum absolute atomic E-state index is 0.0784. The van der Waals surface area contributed by atoms with E-state index in [4.69, 9.17) is 10.5 Å². The van der Waals surface area contributed by atoms with Gasteiger partial charge in [0.25, 0.3) is 0 Å². The first kappa shape index (κ1) is 25.4. The summed E-state index contributed by atoms with van der Waals surface area (Å²) in [5, 5.41) is 12.2. The van der Waals surface area contributed by atoms with Gasteiger partial charge in [0.1, 0.15) is 6.61 Å². The normalized spacial score (nSPS) is 14.2. The first-order chi connectivity index (χ1) is 16.3. The minimum Gasteiger partial charge on any atom is -0.481 e. The highest BCUT2D eigenvalue weighted by atomic mass is 16.5. The first-order valence-corrected chi connectivity index (χ1v) is 11.9. The second kappa shape index (κ2) is 11.8. The lowest BCUT2D eigenvalue weighted by Gasteiger charge is -2.23. The van der Waals surface area contributed by atoms with Crippen molar-refractivity contribution >= 4 is 17.8 Å². The summed E-state index contributed by atoms with van der Waals surface area (Å²) in [6.07, 6.45) is 0.931. The summed E-state index contributed by atoms with van der Waals surface area (Å²) in [5.74, 6) is -2.38. The predicted molar refractivity (Wildman–Crippen MR) is 130 cm³/mol. The first-order valence-electron chi connectivity index (χ1n) is 11.9. The number of unbranched alkanes of at least 4 members (excludes halogenated alkanes) is 1. The highest BCUT2D eigenvalue weighted by Crippen LogP contribution is 2.44. The van der Waals surface area contributed by atoms with Crippen LogP contribution in [0.15, 0.2) is 48.5 Å². The zero-order chi connectivity index (χ0) is 24.7. The van der Waals surface area contributed by atoms with Gasteiger partial charge in [-0.1, -0.05) is 68.8 Å². The molecule has 0 saturated carbocycles. The van der Waals surface area contributed by atoms with Crippen LogP contribution in [0.5, 0.6) is 0 Å². The number of benzene rings is 2. The molecule has 7 heteroatoms. The molecule has 0 unspecified atom stereocenters. The number of carboxylic acid groups (broad SMARTS) is 1. The van der Waals surface area contributed by atoms with Crippen LogP contribution in [-0.4, -0.2) is 42.1 Å². The van der Waals surface area contributed by atoms with Crippen LogP contribution in [0.1, 0.15) is 56.6 Å². The van der Waals surface area contributed by atoms with Crippen LogP contribution in [0.3, 0.4) is 0 Å². The van der Waals surface area contributed by atoms with Crippen LogP contribution >= 0.6 is 0 Å². The number of Topliss-reactive ketones (excluding diaryl/α,β-unsaturated/α-hetero) is 1. The van der Waals surface area contributed by atoms with E-state index in [0.29, 0.717) is 25.8 Å². The monoisotopic (exact) mass is 466 g/mol. The Morgan fingerprint density at radius 1 is 1.00 bits per heavy atom. The fraction of sp³-hybridized carbons (Fsp3) is 0.444. The fourth-order valence-corrected chi connectivity index (χ4v) is 4.60. The van der Waals surface area contributed by atoms with Gasteiger partial charge in [0.15, 0.2) is 5.78 Å². The minimum atomic E-state index is -1.01. The summed E-state index contributed by atoms with van der Waals surface area (Å²) in [4.78, 5) is 37.2. The molecule has 1 amide bonds. The highest BCUT2D eigenvalue weighted by Gasteiger charge is 2.31. The number of ether oxygens (including phenoxy) is 1. The number of fused-ring (bicyclic) bond motifs is 3. The van der Waals surface area contributed by atoms with E-state index in [1.54, 1.807) is 0 Å². The standard InChI is InChI=1S/C27H34N2O5/c1-17(2)25(24(30)15-18(26(31)32)9-7-8-14-28)29-27(33)34-16-23-21-12-5-3-10-19(21)20-11-4-6-13-22(20)23/h3-6,10-13,17-18,23,25H,7-9,14-16,28H2,1-2H3,(H,29,33)(H,31,32)/t18-,25+/m1/s1. The van der Waals surface area contributed by atoms with E-state index >= 15 is 0 Å². The van der Waals surface area contributed by atoms with Crippen molar-refractivity contribution in [2.24, 2.45) is 17.6 Å². The van der Waals surface area contributed by atoms with E-state index in [9.17, 15) is 19.5 Å². The number of carbonyl (C=O) groups is 3. The van der Waals surface area contributed by atoms with Crippen LogP contribution in [0, 0.1) is 11.8 Å². The van der Waals surface area contributed by atoms with Crippen molar-refractivity contribution in [3.05, 3.63) is 59.7 Å². The maximum absolute atomic E-state index is 12.9. The highest BCUT2D eigenvalue weighted by molar-refractivity contribution is 5.90. The number of aliphatic carboxylic acids is 1. The summed E-state index contributed by atoms with van der Waals surface area (Å²) >= 11 is 0. The van der Waals surface area contributed by atoms with Gasteiger partial charge in [-0.15, -0.1) is 0 Å². The molecule has 0 aliphatic heterocycles. The Morgan fingerprint density at radius 3 is 2.12 bits per heavy atom. The molecule has 34 heavy (non-hydrogen) atoms. The third kappa shape index (κ3) is 6.03. The largest absolute Gasteiger partial charge is 0.481 e. The Morgan fingerprint density at radius 2 is 1.59 bits per heavy atom. The SMILES string of the molecule is CC(C)[C@H](NC(=O)OCC1c2ccccc2-c2ccccc21)C(=O)C[C@@H](CCCCN)C(=O)O. The molecule has 1 aliphatic rings. The average Bonchev–Trinajstić information content (AvgIpc) is 3.14. The summed E-state index contributed by atoms with van der Waals surface area (Å²) in [6.45, 7) is 4.26. The van der Waals surface area contributed by atoms with Gasteiger partial charge >= 0.3 is 12.1 Å². The average molecular weight is 467 g/mol. The van der Waals surface area contributed by atoms with Crippen molar-refractivity contribution in [1.82, 2.24) is 5.32 Å². The van der Waals surface area contributed by atoms with Crippen molar-refractivity contribution in [1.29, 1.82) is 0 Å². The number of hydrogen-bond acceptors (Lipinski definition) is 5. The maximum Gasteiger partial charge on any atom is 0.407 e. The molecule has 0 radical (unpaired) electrons. The number of nitrogens with one attached hydrogen (secondary N) is 1. The van der Waals surface area contributed by atoms with E-state index in [-0.39, 0.29) is 30.6 Å². The molecule has 1 aliphatic carbocycles. The molecule has 2 aromatic rings. The zero-order valence-electron chi connectivity index (χ0n) is 19.8. The van der Waals surface area contributed by atoms with E-state index in [1.807, 2.05) is 50.2 Å². The van der Waals surface area contributed by atoms with Gasteiger partial charge in [-0.25, -0.2) is 4.79 Å². The summed E-state index contributed by atoms with van der Waals surface area (Å²) in [7, 11) is 0. The molecule has 4 N–H and O–H groups in total. The van der Waals surface area contributed by atoms with E-state index in [2.05, 4.69) is 17.4 Å². The predicted octanol–water partition coefficient (Wildman–Crippen LogP) is 4.34. The Balaban J connectivity index is 1.62. The lowest BCUT2D eigenvalue weighted by molar-refractivity contribution is -0.144. The molecule has 0 spiro atoms. The van der Waals surface area contributed by atoms with Crippen LogP contribution in [0.4, 0.5) is 4.79 Å². The lowest BCUT2D eigenvalue weighted by Crippen LogP contribution is -2.45. The van der Waals surface area contributed by atoms with Crippen LogP contribution in [-0.2, 0) is 14.3 Å². The number of amides is 1. The Hall–Kier alpha value is -3.19. The molecule has 182 valence electrons. The maximum atomic E-state index is 12.9. The molecule has 0 fully saturated rings. The summed E-state index contributed by atoms with van der Waals surface area (Å²) < 4.78 is 5.57. The molecule has 0 bridgehead atoms. The van der Waals surface area contributed by atoms with Gasteiger partial charge in [-0.2, -0.15) is 0 Å². The molecule has 3 rings (SSSR count). The third-order valence-electron chi connectivity index (χ3n) is 6.43. The van der Waals surface area contributed by atoms with Gasteiger partial charge in [0.2, 0.25) is 0 Å². The van der Waals surface area contributed by atoms with Gasteiger partial charge in [-0.05, 0) is 47.6 Å².